The van der Waals surface area contributed by atoms with E-state index in [-0.39, 0.29) is 6.10 Å². The van der Waals surface area contributed by atoms with Crippen LogP contribution < -0.4 is 9.47 Å². The van der Waals surface area contributed by atoms with Crippen LogP contribution in [0.15, 0.2) is 42.5 Å². The van der Waals surface area contributed by atoms with Gasteiger partial charge in [0.05, 0.1) is 7.11 Å². The van der Waals surface area contributed by atoms with Gasteiger partial charge in [-0.2, -0.15) is 0 Å². The molecule has 0 bridgehead atoms. The number of ether oxygens (including phenoxy) is 2. The van der Waals surface area contributed by atoms with Crippen molar-refractivity contribution in [2.24, 2.45) is 0 Å². The molecule has 0 radical (unpaired) electrons. The number of rotatable bonds is 3. The molecule has 116 valence electrons. The predicted octanol–water partition coefficient (Wildman–Crippen LogP) is 3.79. The summed E-state index contributed by atoms with van der Waals surface area (Å²) in [5.74, 6) is 1.79. The van der Waals surface area contributed by atoms with Crippen molar-refractivity contribution in [3.8, 4) is 11.5 Å². The monoisotopic (exact) mass is 297 g/mol. The second-order valence-corrected chi connectivity index (χ2v) is 6.00. The first kappa shape index (κ1) is 14.9. The molecule has 0 spiro atoms. The van der Waals surface area contributed by atoms with E-state index >= 15 is 0 Å². The van der Waals surface area contributed by atoms with Crippen LogP contribution in [0.5, 0.6) is 11.5 Å². The molecule has 3 heteroatoms. The molecule has 1 heterocycles. The third-order valence-electron chi connectivity index (χ3n) is 4.17. The summed E-state index contributed by atoms with van der Waals surface area (Å²) in [5.41, 5.74) is 3.95. The molecule has 1 aliphatic rings. The zero-order valence-corrected chi connectivity index (χ0v) is 13.5. The topological polar surface area (TPSA) is 21.7 Å². The van der Waals surface area contributed by atoms with Gasteiger partial charge in [-0.1, -0.05) is 30.3 Å². The molecule has 0 saturated heterocycles. The Labute approximate surface area is 132 Å². The van der Waals surface area contributed by atoms with E-state index in [2.05, 4.69) is 49.1 Å². The Balaban J connectivity index is 1.83. The molecule has 0 fully saturated rings. The van der Waals surface area contributed by atoms with Gasteiger partial charge in [0.1, 0.15) is 17.6 Å². The molecule has 0 aliphatic carbocycles. The molecule has 0 amide bonds. The second kappa shape index (κ2) is 6.41. The van der Waals surface area contributed by atoms with Crippen molar-refractivity contribution < 1.29 is 9.47 Å². The van der Waals surface area contributed by atoms with Gasteiger partial charge in [-0.05, 0) is 31.0 Å². The van der Waals surface area contributed by atoms with E-state index in [1.54, 1.807) is 7.11 Å². The standard InChI is InChI=1S/C19H23NO2/c1-14-6-4-5-7-16(14)12-20-11-15(2)22-19-10-18(21-3)9-8-17(19)13-20/h4-10,15H,11-13H2,1-3H3. The molecule has 1 atom stereocenters. The molecule has 1 unspecified atom stereocenters. The molecule has 1 aliphatic heterocycles. The lowest BCUT2D eigenvalue weighted by Gasteiger charge is -2.22. The second-order valence-electron chi connectivity index (χ2n) is 6.00. The SMILES string of the molecule is COc1ccc2c(c1)OC(C)CN(Cc1ccccc1C)C2. The highest BCUT2D eigenvalue weighted by molar-refractivity contribution is 5.41. The molecule has 0 aromatic heterocycles. The van der Waals surface area contributed by atoms with E-state index in [4.69, 9.17) is 9.47 Å². The van der Waals surface area contributed by atoms with Gasteiger partial charge in [0.2, 0.25) is 0 Å². The van der Waals surface area contributed by atoms with E-state index in [0.717, 1.165) is 31.1 Å². The first-order valence-electron chi connectivity index (χ1n) is 7.76. The zero-order valence-electron chi connectivity index (χ0n) is 13.5. The lowest BCUT2D eigenvalue weighted by atomic mass is 10.1. The highest BCUT2D eigenvalue weighted by atomic mass is 16.5. The Morgan fingerprint density at radius 1 is 1.23 bits per heavy atom. The molecule has 0 saturated carbocycles. The summed E-state index contributed by atoms with van der Waals surface area (Å²) >= 11 is 0. The number of fused-ring (bicyclic) bond motifs is 1. The van der Waals surface area contributed by atoms with Gasteiger partial charge in [0.25, 0.3) is 0 Å². The zero-order chi connectivity index (χ0) is 15.5. The maximum absolute atomic E-state index is 6.08. The number of methoxy groups -OCH3 is 1. The van der Waals surface area contributed by atoms with Crippen LogP contribution >= 0.6 is 0 Å². The first-order valence-corrected chi connectivity index (χ1v) is 7.76. The molecule has 2 aromatic rings. The van der Waals surface area contributed by atoms with Crippen LogP contribution in [0, 0.1) is 6.92 Å². The van der Waals surface area contributed by atoms with Crippen LogP contribution in [-0.2, 0) is 13.1 Å². The van der Waals surface area contributed by atoms with Crippen molar-refractivity contribution in [1.82, 2.24) is 4.90 Å². The quantitative estimate of drug-likeness (QED) is 0.860. The lowest BCUT2D eigenvalue weighted by molar-refractivity contribution is 0.156. The summed E-state index contributed by atoms with van der Waals surface area (Å²) in [5, 5.41) is 0. The van der Waals surface area contributed by atoms with Crippen molar-refractivity contribution in [2.75, 3.05) is 13.7 Å². The Morgan fingerprint density at radius 3 is 2.82 bits per heavy atom. The predicted molar refractivity (Wildman–Crippen MR) is 88.4 cm³/mol. The van der Waals surface area contributed by atoms with Gasteiger partial charge >= 0.3 is 0 Å². The van der Waals surface area contributed by atoms with Gasteiger partial charge in [-0.15, -0.1) is 0 Å². The third-order valence-corrected chi connectivity index (χ3v) is 4.17. The minimum absolute atomic E-state index is 0.164. The number of aryl methyl sites for hydroxylation is 1. The van der Waals surface area contributed by atoms with Gasteiger partial charge in [-0.3, -0.25) is 4.90 Å². The largest absolute Gasteiger partial charge is 0.497 e. The lowest BCUT2D eigenvalue weighted by Crippen LogP contribution is -2.30. The summed E-state index contributed by atoms with van der Waals surface area (Å²) in [6.45, 7) is 7.07. The van der Waals surface area contributed by atoms with Gasteiger partial charge in [-0.25, -0.2) is 0 Å². The number of hydrogen-bond donors (Lipinski definition) is 0. The Morgan fingerprint density at radius 2 is 2.05 bits per heavy atom. The van der Waals surface area contributed by atoms with Crippen LogP contribution in [0.2, 0.25) is 0 Å². The Bertz CT molecular complexity index is 654. The van der Waals surface area contributed by atoms with Crippen molar-refractivity contribution in [3.63, 3.8) is 0 Å². The van der Waals surface area contributed by atoms with Gasteiger partial charge in [0.15, 0.2) is 0 Å². The first-order chi connectivity index (χ1) is 10.7. The molecular formula is C19H23NO2. The van der Waals surface area contributed by atoms with E-state index in [9.17, 15) is 0 Å². The van der Waals surface area contributed by atoms with Crippen molar-refractivity contribution in [1.29, 1.82) is 0 Å². The van der Waals surface area contributed by atoms with Crippen LogP contribution in [0.3, 0.4) is 0 Å². The number of benzene rings is 2. The Hall–Kier alpha value is -2.00. The normalized spacial score (nSPS) is 18.2. The minimum atomic E-state index is 0.164. The number of nitrogens with zero attached hydrogens (tertiary/aromatic N) is 1. The van der Waals surface area contributed by atoms with Crippen molar-refractivity contribution >= 4 is 0 Å². The number of hydrogen-bond acceptors (Lipinski definition) is 3. The highest BCUT2D eigenvalue weighted by Crippen LogP contribution is 2.30. The van der Waals surface area contributed by atoms with E-state index in [1.165, 1.54) is 16.7 Å². The van der Waals surface area contributed by atoms with E-state index < -0.39 is 0 Å². The molecule has 3 rings (SSSR count). The summed E-state index contributed by atoms with van der Waals surface area (Å²) in [6.07, 6.45) is 0.164. The van der Waals surface area contributed by atoms with Crippen LogP contribution in [0.1, 0.15) is 23.6 Å². The average Bonchev–Trinajstić information content (AvgIpc) is 2.66. The summed E-state index contributed by atoms with van der Waals surface area (Å²) in [6, 6.07) is 14.7. The van der Waals surface area contributed by atoms with Crippen LogP contribution in [-0.4, -0.2) is 24.7 Å². The van der Waals surface area contributed by atoms with Gasteiger partial charge < -0.3 is 9.47 Å². The molecule has 22 heavy (non-hydrogen) atoms. The third kappa shape index (κ3) is 3.25. The molecule has 2 aromatic carbocycles. The van der Waals surface area contributed by atoms with Crippen molar-refractivity contribution in [2.45, 2.75) is 33.0 Å². The van der Waals surface area contributed by atoms with E-state index in [0.29, 0.717) is 0 Å². The average molecular weight is 297 g/mol. The smallest absolute Gasteiger partial charge is 0.127 e. The maximum atomic E-state index is 6.08. The summed E-state index contributed by atoms with van der Waals surface area (Å²) in [4.78, 5) is 2.45. The summed E-state index contributed by atoms with van der Waals surface area (Å²) < 4.78 is 11.4. The molecule has 0 N–H and O–H groups in total. The summed E-state index contributed by atoms with van der Waals surface area (Å²) in [7, 11) is 1.69. The highest BCUT2D eigenvalue weighted by Gasteiger charge is 2.21. The Kier molecular flexibility index (Phi) is 4.34. The fraction of sp³-hybridized carbons (Fsp3) is 0.368. The van der Waals surface area contributed by atoms with Crippen molar-refractivity contribution in [3.05, 3.63) is 59.2 Å². The molecular weight excluding hydrogens is 274 g/mol. The fourth-order valence-corrected chi connectivity index (χ4v) is 2.97. The van der Waals surface area contributed by atoms with Gasteiger partial charge in [0, 0.05) is 31.3 Å². The maximum Gasteiger partial charge on any atom is 0.127 e. The van der Waals surface area contributed by atoms with Crippen LogP contribution in [0.25, 0.3) is 0 Å². The fourth-order valence-electron chi connectivity index (χ4n) is 2.97. The van der Waals surface area contributed by atoms with E-state index in [1.807, 2.05) is 12.1 Å². The van der Waals surface area contributed by atoms with Crippen LogP contribution in [0.4, 0.5) is 0 Å². The minimum Gasteiger partial charge on any atom is -0.497 e. The molecule has 3 nitrogen and oxygen atoms in total.